The molecule has 1 heterocycles. The number of benzene rings is 2. The molecule has 0 spiro atoms. The molecular weight excluding hydrogens is 388 g/mol. The topological polar surface area (TPSA) is 95.7 Å². The van der Waals surface area contributed by atoms with Gasteiger partial charge in [-0.2, -0.15) is 0 Å². The van der Waals surface area contributed by atoms with E-state index in [1.54, 1.807) is 31.2 Å². The van der Waals surface area contributed by atoms with Crippen LogP contribution in [0.15, 0.2) is 47.4 Å². The Hall–Kier alpha value is -2.91. The Morgan fingerprint density at radius 1 is 1.30 bits per heavy atom. The molecule has 0 aliphatic carbocycles. The maximum atomic E-state index is 12.7. The number of nitro groups is 1. The van der Waals surface area contributed by atoms with Crippen LogP contribution in [0, 0.1) is 10.1 Å². The van der Waals surface area contributed by atoms with E-state index in [9.17, 15) is 20.0 Å². The number of hydrogen-bond donors (Lipinski definition) is 0. The standard InChI is InChI=1S/C18H14N2O5S2/c1-2-25-14-9-11(8-13(16(14)21)20(23)24)10-15-17(22)19(18(26)27-15)12-6-4-3-5-7-12/h3-10,21H,2H2,1H3/p-1/b15-10-. The maximum Gasteiger partial charge on any atom is 0.270 e. The zero-order valence-corrected chi connectivity index (χ0v) is 15.7. The third-order valence-corrected chi connectivity index (χ3v) is 4.96. The van der Waals surface area contributed by atoms with E-state index in [-0.39, 0.29) is 18.3 Å². The first-order chi connectivity index (χ1) is 12.9. The molecule has 0 bridgehead atoms. The molecule has 7 nitrogen and oxygen atoms in total. The summed E-state index contributed by atoms with van der Waals surface area (Å²) in [6.07, 6.45) is 1.47. The number of para-hydroxylation sites is 1. The van der Waals surface area contributed by atoms with Crippen LogP contribution in [0.1, 0.15) is 12.5 Å². The maximum absolute atomic E-state index is 12.7. The molecule has 3 rings (SSSR count). The predicted octanol–water partition coefficient (Wildman–Crippen LogP) is 3.47. The lowest BCUT2D eigenvalue weighted by Crippen LogP contribution is -2.27. The number of carbonyl (C=O) groups excluding carboxylic acids is 1. The van der Waals surface area contributed by atoms with E-state index in [1.165, 1.54) is 17.0 Å². The molecule has 2 aromatic carbocycles. The van der Waals surface area contributed by atoms with E-state index < -0.39 is 16.4 Å². The molecule has 0 aromatic heterocycles. The number of amides is 1. The fraction of sp³-hybridized carbons (Fsp3) is 0.111. The van der Waals surface area contributed by atoms with Crippen LogP contribution in [0.3, 0.4) is 0 Å². The van der Waals surface area contributed by atoms with Crippen molar-refractivity contribution in [2.45, 2.75) is 6.92 Å². The van der Waals surface area contributed by atoms with Gasteiger partial charge in [0.15, 0.2) is 4.32 Å². The molecule has 27 heavy (non-hydrogen) atoms. The lowest BCUT2D eigenvalue weighted by atomic mass is 10.1. The van der Waals surface area contributed by atoms with E-state index in [2.05, 4.69) is 0 Å². The molecule has 0 unspecified atom stereocenters. The first kappa shape index (κ1) is 18.9. The fourth-order valence-electron chi connectivity index (χ4n) is 2.51. The average molecular weight is 401 g/mol. The van der Waals surface area contributed by atoms with E-state index in [0.717, 1.165) is 17.8 Å². The Bertz CT molecular complexity index is 960. The van der Waals surface area contributed by atoms with Crippen molar-refractivity contribution in [3.05, 3.63) is 63.0 Å². The Balaban J connectivity index is 2.01. The van der Waals surface area contributed by atoms with Crippen molar-refractivity contribution in [3.8, 4) is 11.5 Å². The molecule has 1 amide bonds. The SMILES string of the molecule is CCOc1cc(/C=C2\SC(=S)N(c3ccccc3)C2=O)cc([N+](=O)[O-])c1[O-]. The Labute approximate surface area is 164 Å². The van der Waals surface area contributed by atoms with Gasteiger partial charge >= 0.3 is 0 Å². The summed E-state index contributed by atoms with van der Waals surface area (Å²) in [6.45, 7) is 1.86. The number of ether oxygens (including phenoxy) is 1. The number of hydrogen-bond acceptors (Lipinski definition) is 7. The quantitative estimate of drug-likeness (QED) is 0.328. The van der Waals surface area contributed by atoms with Crippen molar-refractivity contribution in [2.75, 3.05) is 11.5 Å². The van der Waals surface area contributed by atoms with E-state index in [1.807, 2.05) is 6.07 Å². The first-order valence-corrected chi connectivity index (χ1v) is 9.10. The highest BCUT2D eigenvalue weighted by Gasteiger charge is 2.33. The summed E-state index contributed by atoms with van der Waals surface area (Å²) in [4.78, 5) is 24.8. The number of nitrogens with zero attached hydrogens (tertiary/aromatic N) is 2. The minimum Gasteiger partial charge on any atom is -0.865 e. The van der Waals surface area contributed by atoms with Crippen molar-refractivity contribution >= 4 is 51.7 Å². The summed E-state index contributed by atoms with van der Waals surface area (Å²) in [5.74, 6) is -1.25. The Morgan fingerprint density at radius 3 is 2.63 bits per heavy atom. The van der Waals surface area contributed by atoms with Crippen molar-refractivity contribution < 1.29 is 19.6 Å². The van der Waals surface area contributed by atoms with Gasteiger partial charge in [-0.3, -0.25) is 19.8 Å². The van der Waals surface area contributed by atoms with E-state index >= 15 is 0 Å². The Kier molecular flexibility index (Phi) is 5.43. The third kappa shape index (κ3) is 3.79. The first-order valence-electron chi connectivity index (χ1n) is 7.87. The molecule has 0 N–H and O–H groups in total. The van der Waals surface area contributed by atoms with Gasteiger partial charge in [0.2, 0.25) is 0 Å². The van der Waals surface area contributed by atoms with Crippen LogP contribution in [-0.2, 0) is 4.79 Å². The van der Waals surface area contributed by atoms with Crippen molar-refractivity contribution in [1.82, 2.24) is 0 Å². The zero-order chi connectivity index (χ0) is 19.6. The summed E-state index contributed by atoms with van der Waals surface area (Å²) in [5, 5.41) is 23.2. The second-order valence-electron chi connectivity index (χ2n) is 5.41. The van der Waals surface area contributed by atoms with Gasteiger partial charge in [-0.15, -0.1) is 0 Å². The number of thiocarbonyl (C=S) groups is 1. The molecular formula is C18H13N2O5S2-. The van der Waals surface area contributed by atoms with Gasteiger partial charge in [-0.1, -0.05) is 42.2 Å². The van der Waals surface area contributed by atoms with Gasteiger partial charge in [-0.05, 0) is 36.8 Å². The van der Waals surface area contributed by atoms with Gasteiger partial charge < -0.3 is 9.84 Å². The highest BCUT2D eigenvalue weighted by atomic mass is 32.2. The summed E-state index contributed by atoms with van der Waals surface area (Å²) < 4.78 is 5.56. The lowest BCUT2D eigenvalue weighted by Gasteiger charge is -2.15. The number of carbonyl (C=O) groups is 1. The highest BCUT2D eigenvalue weighted by Crippen LogP contribution is 2.39. The van der Waals surface area contributed by atoms with Gasteiger partial charge in [-0.25, -0.2) is 0 Å². The molecule has 2 aromatic rings. The van der Waals surface area contributed by atoms with Crippen LogP contribution >= 0.6 is 24.0 Å². The molecule has 0 saturated carbocycles. The van der Waals surface area contributed by atoms with Gasteiger partial charge in [0.1, 0.15) is 5.75 Å². The summed E-state index contributed by atoms with van der Waals surface area (Å²) >= 11 is 6.38. The summed E-state index contributed by atoms with van der Waals surface area (Å²) in [5.41, 5.74) is 0.350. The number of thioether (sulfide) groups is 1. The van der Waals surface area contributed by atoms with Gasteiger partial charge in [0.25, 0.3) is 11.6 Å². The second kappa shape index (κ2) is 7.77. The summed E-state index contributed by atoms with van der Waals surface area (Å²) in [7, 11) is 0. The fourth-order valence-corrected chi connectivity index (χ4v) is 3.81. The second-order valence-corrected chi connectivity index (χ2v) is 7.09. The Morgan fingerprint density at radius 2 is 2.00 bits per heavy atom. The minimum absolute atomic E-state index is 0.128. The van der Waals surface area contributed by atoms with Crippen LogP contribution in [-0.4, -0.2) is 21.8 Å². The molecule has 138 valence electrons. The van der Waals surface area contributed by atoms with Crippen molar-refractivity contribution in [3.63, 3.8) is 0 Å². The highest BCUT2D eigenvalue weighted by molar-refractivity contribution is 8.27. The molecule has 9 heteroatoms. The van der Waals surface area contributed by atoms with Crippen molar-refractivity contribution in [1.29, 1.82) is 0 Å². The lowest BCUT2D eigenvalue weighted by molar-refractivity contribution is -0.398. The van der Waals surface area contributed by atoms with Crippen LogP contribution in [0.4, 0.5) is 11.4 Å². The van der Waals surface area contributed by atoms with Crippen LogP contribution in [0.25, 0.3) is 6.08 Å². The number of rotatable bonds is 5. The summed E-state index contributed by atoms with van der Waals surface area (Å²) in [6, 6.07) is 11.4. The zero-order valence-electron chi connectivity index (χ0n) is 14.1. The number of anilines is 1. The minimum atomic E-state index is -0.796. The normalized spacial score (nSPS) is 15.4. The van der Waals surface area contributed by atoms with Crippen LogP contribution in [0.5, 0.6) is 11.5 Å². The van der Waals surface area contributed by atoms with Crippen LogP contribution < -0.4 is 14.7 Å². The average Bonchev–Trinajstić information content (AvgIpc) is 2.91. The van der Waals surface area contributed by atoms with Gasteiger partial charge in [0, 0.05) is 11.8 Å². The molecule has 0 atom stereocenters. The van der Waals surface area contributed by atoms with Crippen LogP contribution in [0.2, 0.25) is 0 Å². The molecule has 1 aliphatic rings. The van der Waals surface area contributed by atoms with Crippen molar-refractivity contribution in [2.24, 2.45) is 0 Å². The molecule has 0 radical (unpaired) electrons. The largest absolute Gasteiger partial charge is 0.865 e. The molecule has 1 saturated heterocycles. The monoisotopic (exact) mass is 401 g/mol. The molecule has 1 aliphatic heterocycles. The van der Waals surface area contributed by atoms with E-state index in [0.29, 0.717) is 20.5 Å². The third-order valence-electron chi connectivity index (χ3n) is 3.66. The molecule has 1 fully saturated rings. The van der Waals surface area contributed by atoms with E-state index in [4.69, 9.17) is 17.0 Å². The number of nitro benzene ring substituents is 1. The predicted molar refractivity (Wildman–Crippen MR) is 106 cm³/mol. The van der Waals surface area contributed by atoms with Gasteiger partial charge in [0.05, 0.1) is 22.1 Å². The smallest absolute Gasteiger partial charge is 0.270 e.